The highest BCUT2D eigenvalue weighted by molar-refractivity contribution is 7.89. The van der Waals surface area contributed by atoms with Crippen molar-refractivity contribution in [1.29, 1.82) is 0 Å². The van der Waals surface area contributed by atoms with Gasteiger partial charge in [-0.15, -0.1) is 0 Å². The molecule has 0 atom stereocenters. The van der Waals surface area contributed by atoms with Gasteiger partial charge in [0.25, 0.3) is 0 Å². The van der Waals surface area contributed by atoms with Crippen molar-refractivity contribution >= 4 is 10.0 Å². The van der Waals surface area contributed by atoms with Gasteiger partial charge in [0.2, 0.25) is 10.0 Å². The number of rotatable bonds is 3. The van der Waals surface area contributed by atoms with Crippen LogP contribution in [0.4, 0.5) is 0 Å². The lowest BCUT2D eigenvalue weighted by Crippen LogP contribution is -2.40. The molecule has 0 radical (unpaired) electrons. The Morgan fingerprint density at radius 3 is 2.44 bits per heavy atom. The maximum absolute atomic E-state index is 12.5. The first-order chi connectivity index (χ1) is 8.46. The standard InChI is InChI=1S/C11H20N4O2S/c1-8-11(9(2)14-13-8)18(16,17)15-5-3-10(7-12)4-6-15/h10H,3-7,12H2,1-2H3,(H,13,14). The van der Waals surface area contributed by atoms with Crippen molar-refractivity contribution in [1.82, 2.24) is 14.5 Å². The summed E-state index contributed by atoms with van der Waals surface area (Å²) in [4.78, 5) is 0.327. The number of aromatic amines is 1. The van der Waals surface area contributed by atoms with E-state index in [2.05, 4.69) is 10.2 Å². The summed E-state index contributed by atoms with van der Waals surface area (Å²) in [5.41, 5.74) is 6.76. The van der Waals surface area contributed by atoms with Crippen molar-refractivity contribution in [2.75, 3.05) is 19.6 Å². The summed E-state index contributed by atoms with van der Waals surface area (Å²) in [6.45, 7) is 5.18. The Kier molecular flexibility index (Phi) is 3.74. The fraction of sp³-hybridized carbons (Fsp3) is 0.727. The SMILES string of the molecule is Cc1n[nH]c(C)c1S(=O)(=O)N1CCC(CN)CC1. The molecule has 18 heavy (non-hydrogen) atoms. The van der Waals surface area contributed by atoms with Gasteiger partial charge in [-0.2, -0.15) is 9.40 Å². The van der Waals surface area contributed by atoms with Gasteiger partial charge in [-0.05, 0) is 39.2 Å². The van der Waals surface area contributed by atoms with Gasteiger partial charge in [-0.25, -0.2) is 8.42 Å². The zero-order valence-electron chi connectivity index (χ0n) is 10.8. The second-order valence-electron chi connectivity index (χ2n) is 4.85. The molecule has 1 fully saturated rings. The Morgan fingerprint density at radius 2 is 2.00 bits per heavy atom. The number of piperidine rings is 1. The minimum atomic E-state index is -3.41. The number of nitrogens with zero attached hydrogens (tertiary/aromatic N) is 2. The summed E-state index contributed by atoms with van der Waals surface area (Å²) in [6, 6.07) is 0. The van der Waals surface area contributed by atoms with Gasteiger partial charge >= 0.3 is 0 Å². The van der Waals surface area contributed by atoms with Gasteiger partial charge in [0.05, 0.1) is 11.4 Å². The number of nitrogens with one attached hydrogen (secondary N) is 1. The van der Waals surface area contributed by atoms with E-state index in [1.165, 1.54) is 0 Å². The van der Waals surface area contributed by atoms with Crippen molar-refractivity contribution in [3.05, 3.63) is 11.4 Å². The van der Waals surface area contributed by atoms with Crippen LogP contribution in [0.3, 0.4) is 0 Å². The van der Waals surface area contributed by atoms with Crippen LogP contribution in [0.1, 0.15) is 24.2 Å². The Balaban J connectivity index is 2.23. The summed E-state index contributed by atoms with van der Waals surface area (Å²) < 4.78 is 26.6. The first-order valence-corrected chi connectivity index (χ1v) is 7.62. The van der Waals surface area contributed by atoms with Crippen LogP contribution in [0.2, 0.25) is 0 Å². The quantitative estimate of drug-likeness (QED) is 0.832. The Bertz CT molecular complexity index is 496. The maximum Gasteiger partial charge on any atom is 0.246 e. The lowest BCUT2D eigenvalue weighted by atomic mass is 9.99. The molecule has 1 aromatic heterocycles. The molecule has 0 bridgehead atoms. The highest BCUT2D eigenvalue weighted by Gasteiger charge is 2.32. The Morgan fingerprint density at radius 1 is 1.39 bits per heavy atom. The molecule has 0 amide bonds. The normalized spacial score (nSPS) is 19.3. The minimum Gasteiger partial charge on any atom is -0.330 e. The van der Waals surface area contributed by atoms with E-state index in [4.69, 9.17) is 5.73 Å². The number of hydrogen-bond acceptors (Lipinski definition) is 4. The maximum atomic E-state index is 12.5. The zero-order chi connectivity index (χ0) is 13.3. The van der Waals surface area contributed by atoms with E-state index in [1.807, 2.05) is 0 Å². The van der Waals surface area contributed by atoms with E-state index in [-0.39, 0.29) is 0 Å². The summed E-state index contributed by atoms with van der Waals surface area (Å²) in [6.07, 6.45) is 1.68. The molecule has 2 rings (SSSR count). The van der Waals surface area contributed by atoms with Crippen molar-refractivity contribution in [3.63, 3.8) is 0 Å². The van der Waals surface area contributed by atoms with E-state index < -0.39 is 10.0 Å². The molecule has 1 saturated heterocycles. The van der Waals surface area contributed by atoms with E-state index in [9.17, 15) is 8.42 Å². The molecule has 7 heteroatoms. The van der Waals surface area contributed by atoms with Gasteiger partial charge in [0.1, 0.15) is 4.90 Å². The number of sulfonamides is 1. The second-order valence-corrected chi connectivity index (χ2v) is 6.72. The summed E-state index contributed by atoms with van der Waals surface area (Å²) >= 11 is 0. The first kappa shape index (κ1) is 13.5. The van der Waals surface area contributed by atoms with E-state index >= 15 is 0 Å². The highest BCUT2D eigenvalue weighted by Crippen LogP contribution is 2.26. The molecule has 1 aliphatic rings. The number of H-pyrrole nitrogens is 1. The number of hydrogen-bond donors (Lipinski definition) is 2. The average molecular weight is 272 g/mol. The van der Waals surface area contributed by atoms with Gasteiger partial charge in [-0.3, -0.25) is 5.10 Å². The molecular formula is C11H20N4O2S. The van der Waals surface area contributed by atoms with Gasteiger partial charge in [-0.1, -0.05) is 0 Å². The molecule has 102 valence electrons. The highest BCUT2D eigenvalue weighted by atomic mass is 32.2. The summed E-state index contributed by atoms with van der Waals surface area (Å²) in [7, 11) is -3.41. The van der Waals surface area contributed by atoms with Crippen LogP contribution in [0.15, 0.2) is 4.90 Å². The van der Waals surface area contributed by atoms with Crippen molar-refractivity contribution in [3.8, 4) is 0 Å². The third-order valence-corrected chi connectivity index (χ3v) is 5.73. The molecule has 0 spiro atoms. The zero-order valence-corrected chi connectivity index (χ0v) is 11.6. The lowest BCUT2D eigenvalue weighted by molar-refractivity contribution is 0.278. The molecule has 2 heterocycles. The average Bonchev–Trinajstić information content (AvgIpc) is 2.69. The largest absolute Gasteiger partial charge is 0.330 e. The number of aromatic nitrogens is 2. The smallest absolute Gasteiger partial charge is 0.246 e. The van der Waals surface area contributed by atoms with Crippen molar-refractivity contribution in [2.24, 2.45) is 11.7 Å². The summed E-state index contributed by atoms with van der Waals surface area (Å²) in [5, 5.41) is 6.68. The van der Waals surface area contributed by atoms with E-state index in [0.29, 0.717) is 41.8 Å². The number of nitrogens with two attached hydrogens (primary N) is 1. The topological polar surface area (TPSA) is 92.1 Å². The van der Waals surface area contributed by atoms with Gasteiger partial charge in [0, 0.05) is 13.1 Å². The van der Waals surface area contributed by atoms with Gasteiger partial charge < -0.3 is 5.73 Å². The molecule has 0 aromatic carbocycles. The summed E-state index contributed by atoms with van der Waals surface area (Å²) in [5.74, 6) is 0.447. The van der Waals surface area contributed by atoms with Crippen molar-refractivity contribution in [2.45, 2.75) is 31.6 Å². The fourth-order valence-corrected chi connectivity index (χ4v) is 4.24. The third kappa shape index (κ3) is 2.30. The van der Waals surface area contributed by atoms with Crippen LogP contribution >= 0.6 is 0 Å². The van der Waals surface area contributed by atoms with Crippen LogP contribution in [0.5, 0.6) is 0 Å². The minimum absolute atomic E-state index is 0.327. The van der Waals surface area contributed by atoms with Crippen LogP contribution < -0.4 is 5.73 Å². The molecule has 0 saturated carbocycles. The lowest BCUT2D eigenvalue weighted by Gasteiger charge is -2.30. The second kappa shape index (κ2) is 4.99. The van der Waals surface area contributed by atoms with E-state index in [1.54, 1.807) is 18.2 Å². The van der Waals surface area contributed by atoms with Gasteiger partial charge in [0.15, 0.2) is 0 Å². The van der Waals surface area contributed by atoms with Crippen LogP contribution in [0.25, 0.3) is 0 Å². The van der Waals surface area contributed by atoms with Crippen LogP contribution in [-0.4, -0.2) is 42.6 Å². The molecule has 1 aromatic rings. The Hall–Kier alpha value is -0.920. The molecule has 0 aliphatic carbocycles. The fourth-order valence-electron chi connectivity index (χ4n) is 2.44. The predicted octanol–water partition coefficient (Wildman–Crippen LogP) is 0.386. The van der Waals surface area contributed by atoms with Crippen molar-refractivity contribution < 1.29 is 8.42 Å². The van der Waals surface area contributed by atoms with Crippen LogP contribution in [-0.2, 0) is 10.0 Å². The molecule has 0 unspecified atom stereocenters. The predicted molar refractivity (Wildman–Crippen MR) is 68.6 cm³/mol. The van der Waals surface area contributed by atoms with E-state index in [0.717, 1.165) is 12.8 Å². The molecule has 3 N–H and O–H groups in total. The monoisotopic (exact) mass is 272 g/mol. The number of aryl methyl sites for hydroxylation is 2. The Labute approximate surface area is 108 Å². The molecule has 1 aliphatic heterocycles. The first-order valence-electron chi connectivity index (χ1n) is 6.18. The van der Waals surface area contributed by atoms with Crippen LogP contribution in [0, 0.1) is 19.8 Å². The third-order valence-electron chi connectivity index (χ3n) is 3.57. The molecule has 6 nitrogen and oxygen atoms in total. The molecular weight excluding hydrogens is 252 g/mol.